The standard InChI is InChI=1S/C13H18N2/c1-3-4-5-6-13(14-2)11-12-7-9-15-10-8-12/h7-10,13-14H,5-6,11H2,1-2H3. The van der Waals surface area contributed by atoms with Crippen molar-refractivity contribution in [3.05, 3.63) is 30.1 Å². The Labute approximate surface area is 92.1 Å². The average molecular weight is 202 g/mol. The van der Waals surface area contributed by atoms with E-state index in [1.165, 1.54) is 5.56 Å². The van der Waals surface area contributed by atoms with Gasteiger partial charge < -0.3 is 5.32 Å². The first-order chi connectivity index (χ1) is 7.36. The minimum absolute atomic E-state index is 0.508. The van der Waals surface area contributed by atoms with Crippen LogP contribution in [0.25, 0.3) is 0 Å². The minimum atomic E-state index is 0.508. The molecule has 0 aliphatic carbocycles. The van der Waals surface area contributed by atoms with E-state index in [4.69, 9.17) is 0 Å². The van der Waals surface area contributed by atoms with E-state index in [0.29, 0.717) is 6.04 Å². The van der Waals surface area contributed by atoms with Gasteiger partial charge in [0.15, 0.2) is 0 Å². The van der Waals surface area contributed by atoms with Crippen LogP contribution in [-0.2, 0) is 6.42 Å². The first-order valence-corrected chi connectivity index (χ1v) is 5.32. The van der Waals surface area contributed by atoms with Crippen LogP contribution in [0.2, 0.25) is 0 Å². The predicted octanol–water partition coefficient (Wildman–Crippen LogP) is 2.02. The maximum atomic E-state index is 4.01. The van der Waals surface area contributed by atoms with Crippen molar-refractivity contribution >= 4 is 0 Å². The summed E-state index contributed by atoms with van der Waals surface area (Å²) < 4.78 is 0. The summed E-state index contributed by atoms with van der Waals surface area (Å²) in [6.45, 7) is 1.89. The molecule has 1 rings (SSSR count). The van der Waals surface area contributed by atoms with Gasteiger partial charge >= 0.3 is 0 Å². The molecule has 1 heterocycles. The van der Waals surface area contributed by atoms with Gasteiger partial charge in [0.05, 0.1) is 0 Å². The molecule has 2 heteroatoms. The van der Waals surface area contributed by atoms with Gasteiger partial charge in [0, 0.05) is 24.9 Å². The Morgan fingerprint density at radius 3 is 2.73 bits per heavy atom. The summed E-state index contributed by atoms with van der Waals surface area (Å²) in [5.41, 5.74) is 1.33. The Balaban J connectivity index is 2.42. The summed E-state index contributed by atoms with van der Waals surface area (Å²) in [5, 5.41) is 3.32. The fourth-order valence-corrected chi connectivity index (χ4v) is 1.52. The maximum absolute atomic E-state index is 4.01. The van der Waals surface area contributed by atoms with Gasteiger partial charge in [-0.25, -0.2) is 0 Å². The number of rotatable bonds is 5. The molecule has 0 spiro atoms. The van der Waals surface area contributed by atoms with E-state index in [1.54, 1.807) is 0 Å². The summed E-state index contributed by atoms with van der Waals surface area (Å²) in [7, 11) is 2.01. The van der Waals surface area contributed by atoms with E-state index >= 15 is 0 Å². The van der Waals surface area contributed by atoms with Crippen molar-refractivity contribution in [1.82, 2.24) is 10.3 Å². The molecule has 1 aromatic heterocycles. The summed E-state index contributed by atoms with van der Waals surface area (Å²) in [4.78, 5) is 4.01. The highest BCUT2D eigenvalue weighted by molar-refractivity contribution is 5.11. The van der Waals surface area contributed by atoms with Crippen LogP contribution in [0.1, 0.15) is 25.3 Å². The SMILES string of the molecule is CC#CCCC(Cc1ccncc1)NC. The fraction of sp³-hybridized carbons (Fsp3) is 0.462. The fourth-order valence-electron chi connectivity index (χ4n) is 1.52. The van der Waals surface area contributed by atoms with Gasteiger partial charge in [-0.3, -0.25) is 4.98 Å². The van der Waals surface area contributed by atoms with Gasteiger partial charge in [0.25, 0.3) is 0 Å². The molecule has 0 aliphatic heterocycles. The van der Waals surface area contributed by atoms with E-state index in [1.807, 2.05) is 26.4 Å². The number of hydrogen-bond acceptors (Lipinski definition) is 2. The highest BCUT2D eigenvalue weighted by Gasteiger charge is 2.05. The molecule has 80 valence electrons. The molecular formula is C13H18N2. The van der Waals surface area contributed by atoms with Crippen molar-refractivity contribution in [2.24, 2.45) is 0 Å². The Morgan fingerprint density at radius 1 is 1.40 bits per heavy atom. The third-order valence-corrected chi connectivity index (χ3v) is 2.43. The van der Waals surface area contributed by atoms with Crippen LogP contribution in [0.4, 0.5) is 0 Å². The van der Waals surface area contributed by atoms with E-state index in [2.05, 4.69) is 34.3 Å². The molecule has 0 saturated heterocycles. The van der Waals surface area contributed by atoms with Gasteiger partial charge in [0.1, 0.15) is 0 Å². The van der Waals surface area contributed by atoms with Crippen molar-refractivity contribution in [1.29, 1.82) is 0 Å². The monoisotopic (exact) mass is 202 g/mol. The molecule has 0 amide bonds. The number of nitrogens with one attached hydrogen (secondary N) is 1. The van der Waals surface area contributed by atoms with Crippen molar-refractivity contribution in [2.45, 2.75) is 32.2 Å². The topological polar surface area (TPSA) is 24.9 Å². The molecule has 1 aromatic rings. The van der Waals surface area contributed by atoms with Gasteiger partial charge in [-0.15, -0.1) is 11.8 Å². The molecule has 0 saturated carbocycles. The first kappa shape index (κ1) is 11.7. The lowest BCUT2D eigenvalue weighted by molar-refractivity contribution is 0.527. The predicted molar refractivity (Wildman–Crippen MR) is 63.5 cm³/mol. The van der Waals surface area contributed by atoms with Gasteiger partial charge in [-0.1, -0.05) is 0 Å². The zero-order valence-electron chi connectivity index (χ0n) is 9.46. The van der Waals surface area contributed by atoms with Gasteiger partial charge in [-0.2, -0.15) is 0 Å². The molecule has 1 atom stereocenters. The highest BCUT2D eigenvalue weighted by Crippen LogP contribution is 2.05. The molecule has 0 aliphatic rings. The maximum Gasteiger partial charge on any atom is 0.0270 e. The molecule has 2 nitrogen and oxygen atoms in total. The molecule has 0 aromatic carbocycles. The number of likely N-dealkylation sites (N-methyl/N-ethyl adjacent to an activating group) is 1. The van der Waals surface area contributed by atoms with Crippen molar-refractivity contribution in [3.63, 3.8) is 0 Å². The molecule has 0 radical (unpaired) electrons. The summed E-state index contributed by atoms with van der Waals surface area (Å²) in [5.74, 6) is 6.02. The Hall–Kier alpha value is -1.33. The summed E-state index contributed by atoms with van der Waals surface area (Å²) in [6, 6.07) is 4.64. The van der Waals surface area contributed by atoms with Crippen LogP contribution in [0, 0.1) is 11.8 Å². The van der Waals surface area contributed by atoms with Crippen LogP contribution in [-0.4, -0.2) is 18.1 Å². The van der Waals surface area contributed by atoms with Crippen molar-refractivity contribution in [2.75, 3.05) is 7.05 Å². The Morgan fingerprint density at radius 2 is 2.13 bits per heavy atom. The van der Waals surface area contributed by atoms with E-state index in [-0.39, 0.29) is 0 Å². The third kappa shape index (κ3) is 4.62. The lowest BCUT2D eigenvalue weighted by atomic mass is 10.0. The second kappa shape index (κ2) is 7.03. The van der Waals surface area contributed by atoms with Crippen LogP contribution < -0.4 is 5.32 Å². The average Bonchev–Trinajstić information content (AvgIpc) is 2.29. The number of hydrogen-bond donors (Lipinski definition) is 1. The lowest BCUT2D eigenvalue weighted by Crippen LogP contribution is -2.27. The molecule has 15 heavy (non-hydrogen) atoms. The quantitative estimate of drug-likeness (QED) is 0.739. The molecule has 1 unspecified atom stereocenters. The van der Waals surface area contributed by atoms with E-state index < -0.39 is 0 Å². The van der Waals surface area contributed by atoms with Crippen LogP contribution >= 0.6 is 0 Å². The molecule has 1 N–H and O–H groups in total. The second-order valence-corrected chi connectivity index (χ2v) is 3.51. The second-order valence-electron chi connectivity index (χ2n) is 3.51. The zero-order valence-corrected chi connectivity index (χ0v) is 9.46. The van der Waals surface area contributed by atoms with Gasteiger partial charge in [0.2, 0.25) is 0 Å². The van der Waals surface area contributed by atoms with Crippen molar-refractivity contribution < 1.29 is 0 Å². The van der Waals surface area contributed by atoms with Crippen LogP contribution in [0.3, 0.4) is 0 Å². The van der Waals surface area contributed by atoms with E-state index in [0.717, 1.165) is 19.3 Å². The summed E-state index contributed by atoms with van der Waals surface area (Å²) >= 11 is 0. The van der Waals surface area contributed by atoms with Crippen LogP contribution in [0.15, 0.2) is 24.5 Å². The van der Waals surface area contributed by atoms with Gasteiger partial charge in [-0.05, 0) is 44.5 Å². The highest BCUT2D eigenvalue weighted by atomic mass is 14.9. The first-order valence-electron chi connectivity index (χ1n) is 5.32. The van der Waals surface area contributed by atoms with Crippen molar-refractivity contribution in [3.8, 4) is 11.8 Å². The Kier molecular flexibility index (Phi) is 5.50. The smallest absolute Gasteiger partial charge is 0.0270 e. The Bertz CT molecular complexity index is 321. The number of aromatic nitrogens is 1. The van der Waals surface area contributed by atoms with E-state index in [9.17, 15) is 0 Å². The minimum Gasteiger partial charge on any atom is -0.317 e. The molecule has 0 bridgehead atoms. The third-order valence-electron chi connectivity index (χ3n) is 2.43. The number of pyridine rings is 1. The zero-order chi connectivity index (χ0) is 10.9. The summed E-state index contributed by atoms with van der Waals surface area (Å²) in [6.07, 6.45) is 6.79. The number of nitrogens with zero attached hydrogens (tertiary/aromatic N) is 1. The largest absolute Gasteiger partial charge is 0.317 e. The molecular weight excluding hydrogens is 184 g/mol. The molecule has 0 fully saturated rings. The normalized spacial score (nSPS) is 11.6. The van der Waals surface area contributed by atoms with Crippen LogP contribution in [0.5, 0.6) is 0 Å². The lowest BCUT2D eigenvalue weighted by Gasteiger charge is -2.14.